The lowest BCUT2D eigenvalue weighted by Gasteiger charge is -2.11. The van der Waals surface area contributed by atoms with Gasteiger partial charge in [-0.2, -0.15) is 5.10 Å². The van der Waals surface area contributed by atoms with Crippen molar-refractivity contribution in [2.24, 2.45) is 0 Å². The number of nitrogens with zero attached hydrogens (tertiary/aromatic N) is 4. The summed E-state index contributed by atoms with van der Waals surface area (Å²) in [6.07, 6.45) is 2.03. The van der Waals surface area contributed by atoms with Crippen LogP contribution in [0.2, 0.25) is 0 Å². The maximum atomic E-state index is 4.73. The molecule has 0 bridgehead atoms. The van der Waals surface area contributed by atoms with Gasteiger partial charge in [0.25, 0.3) is 0 Å². The van der Waals surface area contributed by atoms with E-state index in [1.807, 2.05) is 43.0 Å². The highest BCUT2D eigenvalue weighted by Gasteiger charge is 2.08. The molecule has 98 valence electrons. The molecule has 0 saturated heterocycles. The van der Waals surface area contributed by atoms with Crippen LogP contribution in [0.15, 0.2) is 48.7 Å². The monoisotopic (exact) mass is 262 g/mol. The summed E-state index contributed by atoms with van der Waals surface area (Å²) in [7, 11) is 4.06. The summed E-state index contributed by atoms with van der Waals surface area (Å²) < 4.78 is 1.87. The molecule has 4 nitrogen and oxygen atoms in total. The average Bonchev–Trinajstić information content (AvgIpc) is 2.81. The van der Waals surface area contributed by atoms with Gasteiger partial charge in [-0.05, 0) is 24.3 Å². The predicted octanol–water partition coefficient (Wildman–Crippen LogP) is 3.10. The van der Waals surface area contributed by atoms with E-state index in [1.54, 1.807) is 0 Å². The third-order valence-electron chi connectivity index (χ3n) is 3.60. The molecule has 0 fully saturated rings. The van der Waals surface area contributed by atoms with E-state index < -0.39 is 0 Å². The molecule has 2 heterocycles. The first-order valence-electron chi connectivity index (χ1n) is 6.57. The summed E-state index contributed by atoms with van der Waals surface area (Å²) >= 11 is 0. The van der Waals surface area contributed by atoms with Crippen LogP contribution >= 0.6 is 0 Å². The van der Waals surface area contributed by atoms with Crippen LogP contribution in [-0.2, 0) is 0 Å². The van der Waals surface area contributed by atoms with Crippen LogP contribution in [0.4, 0.5) is 5.69 Å². The molecule has 4 heteroatoms. The normalized spacial score (nSPS) is 11.5. The zero-order chi connectivity index (χ0) is 13.7. The smallest absolute Gasteiger partial charge is 0.163 e. The minimum Gasteiger partial charge on any atom is -0.378 e. The van der Waals surface area contributed by atoms with Gasteiger partial charge in [0.1, 0.15) is 0 Å². The Bertz CT molecular complexity index is 937. The third-order valence-corrected chi connectivity index (χ3v) is 3.60. The van der Waals surface area contributed by atoms with Crippen molar-refractivity contribution in [3.63, 3.8) is 0 Å². The second-order valence-electron chi connectivity index (χ2n) is 5.16. The van der Waals surface area contributed by atoms with Gasteiger partial charge < -0.3 is 4.90 Å². The molecule has 0 aliphatic rings. The van der Waals surface area contributed by atoms with Crippen molar-refractivity contribution in [3.05, 3.63) is 48.7 Å². The fourth-order valence-electron chi connectivity index (χ4n) is 2.50. The molecule has 0 amide bonds. The maximum Gasteiger partial charge on any atom is 0.163 e. The van der Waals surface area contributed by atoms with Crippen molar-refractivity contribution in [2.45, 2.75) is 0 Å². The first-order chi connectivity index (χ1) is 9.72. The number of aromatic nitrogens is 3. The van der Waals surface area contributed by atoms with Crippen LogP contribution in [0, 0.1) is 0 Å². The topological polar surface area (TPSA) is 33.4 Å². The minimum absolute atomic E-state index is 0.906. The molecule has 0 aliphatic heterocycles. The molecule has 0 N–H and O–H groups in total. The van der Waals surface area contributed by atoms with Gasteiger partial charge in [-0.25, -0.2) is 9.50 Å². The highest BCUT2D eigenvalue weighted by Crippen LogP contribution is 2.24. The molecule has 2 aromatic carbocycles. The Morgan fingerprint density at radius 3 is 2.70 bits per heavy atom. The van der Waals surface area contributed by atoms with Gasteiger partial charge in [0, 0.05) is 36.8 Å². The van der Waals surface area contributed by atoms with Crippen LogP contribution < -0.4 is 4.90 Å². The third kappa shape index (κ3) is 1.54. The molecule has 0 aliphatic carbocycles. The summed E-state index contributed by atoms with van der Waals surface area (Å²) in [5, 5.41) is 6.82. The fraction of sp³-hybridized carbons (Fsp3) is 0.125. The largest absolute Gasteiger partial charge is 0.378 e. The van der Waals surface area contributed by atoms with E-state index in [0.29, 0.717) is 0 Å². The second-order valence-corrected chi connectivity index (χ2v) is 5.16. The van der Waals surface area contributed by atoms with Crippen molar-refractivity contribution in [1.29, 1.82) is 0 Å². The molecule has 4 aromatic rings. The van der Waals surface area contributed by atoms with Crippen molar-refractivity contribution in [3.8, 4) is 0 Å². The lowest BCUT2D eigenvalue weighted by molar-refractivity contribution is 0.971. The van der Waals surface area contributed by atoms with Crippen molar-refractivity contribution >= 4 is 33.1 Å². The highest BCUT2D eigenvalue weighted by atomic mass is 15.2. The van der Waals surface area contributed by atoms with E-state index in [-0.39, 0.29) is 0 Å². The number of anilines is 1. The van der Waals surface area contributed by atoms with Crippen LogP contribution in [0.1, 0.15) is 0 Å². The van der Waals surface area contributed by atoms with Crippen LogP contribution in [-0.4, -0.2) is 28.7 Å². The Morgan fingerprint density at radius 2 is 1.85 bits per heavy atom. The molecule has 0 unspecified atom stereocenters. The molecule has 0 atom stereocenters. The molecule has 4 rings (SSSR count). The summed E-state index contributed by atoms with van der Waals surface area (Å²) in [5.41, 5.74) is 4.02. The first kappa shape index (κ1) is 11.2. The Labute approximate surface area is 116 Å². The molecule has 0 radical (unpaired) electrons. The summed E-state index contributed by atoms with van der Waals surface area (Å²) in [4.78, 5) is 6.80. The van der Waals surface area contributed by atoms with Gasteiger partial charge in [-0.3, -0.25) is 0 Å². The highest BCUT2D eigenvalue weighted by molar-refractivity contribution is 5.96. The Balaban J connectivity index is 2.10. The van der Waals surface area contributed by atoms with E-state index >= 15 is 0 Å². The quantitative estimate of drug-likeness (QED) is 0.528. The number of hydrogen-bond donors (Lipinski definition) is 0. The van der Waals surface area contributed by atoms with Gasteiger partial charge >= 0.3 is 0 Å². The maximum absolute atomic E-state index is 4.73. The predicted molar refractivity (Wildman–Crippen MR) is 82.3 cm³/mol. The van der Waals surface area contributed by atoms with Gasteiger partial charge in [0.15, 0.2) is 5.65 Å². The number of para-hydroxylation sites is 1. The van der Waals surface area contributed by atoms with Gasteiger partial charge in [0.05, 0.1) is 11.0 Å². The lowest BCUT2D eigenvalue weighted by Crippen LogP contribution is -2.07. The SMILES string of the molecule is CN(C)c1ccc2c(c1)nn1cc3ccccc3nc21. The van der Waals surface area contributed by atoms with Gasteiger partial charge in [0.2, 0.25) is 0 Å². The number of hydrogen-bond acceptors (Lipinski definition) is 3. The van der Waals surface area contributed by atoms with Crippen LogP contribution in [0.3, 0.4) is 0 Å². The Hall–Kier alpha value is -2.62. The summed E-state index contributed by atoms with van der Waals surface area (Å²) in [6.45, 7) is 0. The minimum atomic E-state index is 0.906. The van der Waals surface area contributed by atoms with Crippen molar-refractivity contribution in [1.82, 2.24) is 14.6 Å². The zero-order valence-electron chi connectivity index (χ0n) is 11.4. The molecule has 2 aromatic heterocycles. The molecule has 0 spiro atoms. The average molecular weight is 262 g/mol. The zero-order valence-corrected chi connectivity index (χ0v) is 11.4. The van der Waals surface area contributed by atoms with Crippen LogP contribution in [0.25, 0.3) is 27.5 Å². The van der Waals surface area contributed by atoms with Gasteiger partial charge in [-0.15, -0.1) is 0 Å². The molecular weight excluding hydrogens is 248 g/mol. The number of rotatable bonds is 1. The number of benzene rings is 2. The van der Waals surface area contributed by atoms with Crippen molar-refractivity contribution < 1.29 is 0 Å². The lowest BCUT2D eigenvalue weighted by atomic mass is 10.2. The molecular formula is C16H14N4. The van der Waals surface area contributed by atoms with E-state index in [2.05, 4.69) is 34.3 Å². The first-order valence-corrected chi connectivity index (χ1v) is 6.57. The summed E-state index contributed by atoms with van der Waals surface area (Å²) in [6, 6.07) is 14.4. The van der Waals surface area contributed by atoms with E-state index in [1.165, 1.54) is 0 Å². The number of fused-ring (bicyclic) bond motifs is 4. The van der Waals surface area contributed by atoms with E-state index in [0.717, 1.165) is 33.1 Å². The summed E-state index contributed by atoms with van der Waals surface area (Å²) in [5.74, 6) is 0. The van der Waals surface area contributed by atoms with Gasteiger partial charge in [-0.1, -0.05) is 18.2 Å². The molecule has 0 saturated carbocycles. The fourth-order valence-corrected chi connectivity index (χ4v) is 2.50. The van der Waals surface area contributed by atoms with Crippen LogP contribution in [0.5, 0.6) is 0 Å². The Kier molecular flexibility index (Phi) is 2.21. The standard InChI is InChI=1S/C16H14N4/c1-19(2)12-7-8-13-15(9-12)18-20-10-11-5-3-4-6-14(11)17-16(13)20/h3-10H,1-2H3. The molecule has 20 heavy (non-hydrogen) atoms. The van der Waals surface area contributed by atoms with E-state index in [9.17, 15) is 0 Å². The second kappa shape index (κ2) is 3.93. The van der Waals surface area contributed by atoms with E-state index in [4.69, 9.17) is 4.98 Å². The van der Waals surface area contributed by atoms with Crippen molar-refractivity contribution in [2.75, 3.05) is 19.0 Å². The Morgan fingerprint density at radius 1 is 1.00 bits per heavy atom.